The van der Waals surface area contributed by atoms with Crippen molar-refractivity contribution < 1.29 is 25.8 Å². The molecular weight excluding hydrogens is 309 g/mol. The van der Waals surface area contributed by atoms with Crippen LogP contribution in [0.2, 0.25) is 0 Å². The molecule has 0 spiro atoms. The second-order valence-electron chi connectivity index (χ2n) is 4.33. The van der Waals surface area contributed by atoms with E-state index in [9.17, 15) is 21.6 Å². The van der Waals surface area contributed by atoms with Crippen molar-refractivity contribution in [2.75, 3.05) is 0 Å². The van der Waals surface area contributed by atoms with Crippen molar-refractivity contribution in [2.24, 2.45) is 7.05 Å². The number of hydrogen-bond donors (Lipinski definition) is 0. The molecule has 2 rings (SSSR count). The largest absolute Gasteiger partial charge is 0.534 e. The number of hydrogen-bond acceptors (Lipinski definition) is 4. The molecular formula is C12H11F3N2O3S. The third-order valence-electron chi connectivity index (χ3n) is 2.56. The molecule has 0 saturated carbocycles. The predicted molar refractivity (Wildman–Crippen MR) is 68.1 cm³/mol. The number of aromatic nitrogens is 2. The highest BCUT2D eigenvalue weighted by molar-refractivity contribution is 7.87. The summed E-state index contributed by atoms with van der Waals surface area (Å²) in [6, 6.07) is 5.30. The molecule has 21 heavy (non-hydrogen) atoms. The summed E-state index contributed by atoms with van der Waals surface area (Å²) in [5.41, 5.74) is -3.89. The molecule has 0 atom stereocenters. The van der Waals surface area contributed by atoms with Gasteiger partial charge in [-0.2, -0.15) is 21.6 Å². The van der Waals surface area contributed by atoms with Gasteiger partial charge in [0.25, 0.3) is 0 Å². The van der Waals surface area contributed by atoms with Crippen molar-refractivity contribution in [3.8, 4) is 5.75 Å². The molecule has 0 aliphatic heterocycles. The van der Waals surface area contributed by atoms with Crippen LogP contribution in [-0.2, 0) is 23.6 Å². The van der Waals surface area contributed by atoms with E-state index >= 15 is 0 Å². The van der Waals surface area contributed by atoms with Crippen LogP contribution < -0.4 is 4.18 Å². The summed E-state index contributed by atoms with van der Waals surface area (Å²) >= 11 is 0. The molecule has 0 saturated heterocycles. The number of imidazole rings is 1. The molecule has 9 heteroatoms. The normalized spacial score (nSPS) is 12.4. The highest BCUT2D eigenvalue weighted by Crippen LogP contribution is 2.27. The Kier molecular flexibility index (Phi) is 3.95. The van der Waals surface area contributed by atoms with Crippen molar-refractivity contribution in [3.05, 3.63) is 48.0 Å². The van der Waals surface area contributed by atoms with E-state index in [2.05, 4.69) is 9.17 Å². The van der Waals surface area contributed by atoms with Gasteiger partial charge in [0.2, 0.25) is 0 Å². The van der Waals surface area contributed by atoms with Gasteiger partial charge < -0.3 is 8.75 Å². The van der Waals surface area contributed by atoms with Crippen molar-refractivity contribution in [3.63, 3.8) is 0 Å². The Morgan fingerprint density at radius 3 is 2.33 bits per heavy atom. The number of halogens is 3. The fourth-order valence-corrected chi connectivity index (χ4v) is 2.06. The minimum atomic E-state index is -5.63. The number of rotatable bonds is 4. The second kappa shape index (κ2) is 5.40. The van der Waals surface area contributed by atoms with Gasteiger partial charge in [-0.05, 0) is 17.7 Å². The number of benzene rings is 1. The quantitative estimate of drug-likeness (QED) is 0.640. The van der Waals surface area contributed by atoms with E-state index < -0.39 is 21.4 Å². The van der Waals surface area contributed by atoms with Crippen molar-refractivity contribution in [1.82, 2.24) is 9.55 Å². The van der Waals surface area contributed by atoms with Crippen LogP contribution in [0, 0.1) is 0 Å². The lowest BCUT2D eigenvalue weighted by atomic mass is 10.1. The summed E-state index contributed by atoms with van der Waals surface area (Å²) in [5, 5.41) is 0. The monoisotopic (exact) mass is 320 g/mol. The summed E-state index contributed by atoms with van der Waals surface area (Å²) in [6.07, 6.45) is 3.91. The molecule has 0 N–H and O–H groups in total. The van der Waals surface area contributed by atoms with Crippen LogP contribution in [0.15, 0.2) is 36.8 Å². The van der Waals surface area contributed by atoms with Crippen LogP contribution in [0.1, 0.15) is 11.3 Å². The van der Waals surface area contributed by atoms with Crippen LogP contribution in [0.25, 0.3) is 0 Å². The summed E-state index contributed by atoms with van der Waals surface area (Å²) < 4.78 is 63.9. The molecule has 5 nitrogen and oxygen atoms in total. The average molecular weight is 320 g/mol. The molecule has 1 heterocycles. The Morgan fingerprint density at radius 2 is 1.86 bits per heavy atom. The molecule has 0 radical (unpaired) electrons. The summed E-state index contributed by atoms with van der Waals surface area (Å²) in [7, 11) is -3.82. The van der Waals surface area contributed by atoms with Gasteiger partial charge in [0.1, 0.15) is 5.75 Å². The number of alkyl halides is 3. The van der Waals surface area contributed by atoms with Crippen LogP contribution in [-0.4, -0.2) is 23.5 Å². The lowest BCUT2D eigenvalue weighted by Crippen LogP contribution is -2.28. The molecule has 0 amide bonds. The fraction of sp³-hybridized carbons (Fsp3) is 0.250. The maximum atomic E-state index is 12.2. The van der Waals surface area contributed by atoms with Crippen LogP contribution in [0.3, 0.4) is 0 Å². The summed E-state index contributed by atoms with van der Waals surface area (Å²) in [4.78, 5) is 4.11. The van der Waals surface area contributed by atoms with Crippen LogP contribution in [0.4, 0.5) is 13.2 Å². The minimum absolute atomic E-state index is 0.392. The molecule has 1 aromatic carbocycles. The van der Waals surface area contributed by atoms with E-state index in [1.54, 1.807) is 17.1 Å². The molecule has 2 aromatic rings. The Bertz CT molecular complexity index is 721. The number of nitrogens with zero attached hydrogens (tertiary/aromatic N) is 2. The first-order valence-electron chi connectivity index (χ1n) is 5.74. The zero-order chi connectivity index (χ0) is 15.7. The van der Waals surface area contributed by atoms with Gasteiger partial charge in [0.15, 0.2) is 0 Å². The topological polar surface area (TPSA) is 61.2 Å². The first kappa shape index (κ1) is 15.4. The number of aryl methyl sites for hydroxylation is 1. The zero-order valence-corrected chi connectivity index (χ0v) is 11.6. The molecule has 0 aliphatic rings. The average Bonchev–Trinajstić information content (AvgIpc) is 2.75. The van der Waals surface area contributed by atoms with E-state index in [0.29, 0.717) is 6.42 Å². The lowest BCUT2D eigenvalue weighted by Gasteiger charge is -2.09. The van der Waals surface area contributed by atoms with Crippen molar-refractivity contribution >= 4 is 10.1 Å². The Morgan fingerprint density at radius 1 is 1.24 bits per heavy atom. The standard InChI is InChI=1S/C12H11F3N2O3S/c1-17-7-10(16-8-17)6-9-2-4-11(5-3-9)20-21(18,19)12(13,14)15/h2-5,7-8H,6H2,1H3. The Balaban J connectivity index is 2.09. The van der Waals surface area contributed by atoms with Crippen molar-refractivity contribution in [1.29, 1.82) is 0 Å². The van der Waals surface area contributed by atoms with Crippen LogP contribution in [0.5, 0.6) is 5.75 Å². The third-order valence-corrected chi connectivity index (χ3v) is 3.54. The molecule has 0 unspecified atom stereocenters. The first-order valence-corrected chi connectivity index (χ1v) is 7.15. The Hall–Kier alpha value is -2.03. The zero-order valence-electron chi connectivity index (χ0n) is 10.8. The van der Waals surface area contributed by atoms with Gasteiger partial charge in [0.05, 0.1) is 12.0 Å². The summed E-state index contributed by atoms with van der Waals surface area (Å²) in [6.45, 7) is 0. The SMILES string of the molecule is Cn1cnc(Cc2ccc(OS(=O)(=O)C(F)(F)F)cc2)c1. The maximum absolute atomic E-state index is 12.2. The fourth-order valence-electron chi connectivity index (χ4n) is 1.60. The molecule has 0 aliphatic carbocycles. The third kappa shape index (κ3) is 3.75. The smallest absolute Gasteiger partial charge is 0.376 e. The molecule has 1 aromatic heterocycles. The van der Waals surface area contributed by atoms with Gasteiger partial charge in [-0.1, -0.05) is 12.1 Å². The van der Waals surface area contributed by atoms with E-state index in [1.165, 1.54) is 24.3 Å². The van der Waals surface area contributed by atoms with Gasteiger partial charge in [0, 0.05) is 19.7 Å². The molecule has 114 valence electrons. The van der Waals surface area contributed by atoms with Crippen molar-refractivity contribution in [2.45, 2.75) is 11.9 Å². The molecule has 0 fully saturated rings. The highest BCUT2D eigenvalue weighted by atomic mass is 32.2. The van der Waals surface area contributed by atoms with E-state index in [-0.39, 0.29) is 0 Å². The van der Waals surface area contributed by atoms with Gasteiger partial charge in [-0.15, -0.1) is 0 Å². The minimum Gasteiger partial charge on any atom is -0.376 e. The Labute approximate surface area is 119 Å². The van der Waals surface area contributed by atoms with Gasteiger partial charge in [-0.3, -0.25) is 0 Å². The van der Waals surface area contributed by atoms with E-state index in [1.807, 2.05) is 7.05 Å². The van der Waals surface area contributed by atoms with Gasteiger partial charge in [-0.25, -0.2) is 4.98 Å². The predicted octanol–water partition coefficient (Wildman–Crippen LogP) is 2.24. The molecule has 0 bridgehead atoms. The van der Waals surface area contributed by atoms with E-state index in [0.717, 1.165) is 11.3 Å². The second-order valence-corrected chi connectivity index (χ2v) is 5.87. The van der Waals surface area contributed by atoms with Gasteiger partial charge >= 0.3 is 15.6 Å². The summed E-state index contributed by atoms with van der Waals surface area (Å²) in [5.74, 6) is -0.392. The van der Waals surface area contributed by atoms with E-state index in [4.69, 9.17) is 0 Å². The maximum Gasteiger partial charge on any atom is 0.534 e. The first-order chi connectivity index (χ1) is 9.67. The highest BCUT2D eigenvalue weighted by Gasteiger charge is 2.48. The van der Waals surface area contributed by atoms with Crippen LogP contribution >= 0.6 is 0 Å². The lowest BCUT2D eigenvalue weighted by molar-refractivity contribution is -0.0500.